The molecule has 0 radical (unpaired) electrons. The first kappa shape index (κ1) is 25.9. The summed E-state index contributed by atoms with van der Waals surface area (Å²) < 4.78 is 5.62. The molecule has 0 spiro atoms. The molecule has 0 aliphatic heterocycles. The zero-order chi connectivity index (χ0) is 21.2. The highest BCUT2D eigenvalue weighted by atomic mass is 127. The summed E-state index contributed by atoms with van der Waals surface area (Å²) in [6.45, 7) is 5.27. The molecule has 3 rings (SSSR count). The molecule has 2 aliphatic carbocycles. The summed E-state index contributed by atoms with van der Waals surface area (Å²) in [6.07, 6.45) is 9.43. The summed E-state index contributed by atoms with van der Waals surface area (Å²) in [5.41, 5.74) is 2.31. The van der Waals surface area contributed by atoms with E-state index < -0.39 is 0 Å². The number of carbonyl (C=O) groups excluding carboxylic acids is 1. The number of nitrogens with one attached hydrogen (secondary N) is 3. The summed E-state index contributed by atoms with van der Waals surface area (Å²) in [5.74, 6) is 1.17. The Kier molecular flexibility index (Phi) is 11.1. The van der Waals surface area contributed by atoms with Gasteiger partial charge in [0.2, 0.25) is 5.91 Å². The van der Waals surface area contributed by atoms with Crippen molar-refractivity contribution in [2.75, 3.05) is 32.1 Å². The van der Waals surface area contributed by atoms with E-state index in [-0.39, 0.29) is 35.8 Å². The molecule has 2 aliphatic rings. The number of benzene rings is 1. The van der Waals surface area contributed by atoms with Gasteiger partial charge in [-0.15, -0.1) is 24.0 Å². The molecular weight excluding hydrogens is 503 g/mol. The van der Waals surface area contributed by atoms with Crippen LogP contribution in [-0.4, -0.2) is 38.7 Å². The van der Waals surface area contributed by atoms with Gasteiger partial charge >= 0.3 is 0 Å². The second-order valence-electron chi connectivity index (χ2n) is 8.75. The van der Waals surface area contributed by atoms with E-state index in [1.807, 2.05) is 25.2 Å². The third kappa shape index (κ3) is 7.93. The number of ether oxygens (including phenoxy) is 1. The fourth-order valence-corrected chi connectivity index (χ4v) is 4.42. The van der Waals surface area contributed by atoms with Crippen molar-refractivity contribution in [1.29, 1.82) is 0 Å². The largest absolute Gasteiger partial charge is 0.382 e. The highest BCUT2D eigenvalue weighted by molar-refractivity contribution is 14.0. The molecule has 174 valence electrons. The van der Waals surface area contributed by atoms with Crippen LogP contribution in [0.4, 0.5) is 5.69 Å². The van der Waals surface area contributed by atoms with Crippen LogP contribution in [0.2, 0.25) is 0 Å². The van der Waals surface area contributed by atoms with Crippen molar-refractivity contribution < 1.29 is 9.53 Å². The number of nitrogens with zero attached hydrogens (tertiary/aromatic N) is 1. The minimum absolute atomic E-state index is 0. The van der Waals surface area contributed by atoms with Gasteiger partial charge in [0.05, 0.1) is 0 Å². The van der Waals surface area contributed by atoms with Gasteiger partial charge in [-0.2, -0.15) is 0 Å². The van der Waals surface area contributed by atoms with E-state index in [1.54, 1.807) is 0 Å². The first-order chi connectivity index (χ1) is 14.6. The Morgan fingerprint density at radius 1 is 1.19 bits per heavy atom. The highest BCUT2D eigenvalue weighted by Crippen LogP contribution is 2.40. The van der Waals surface area contributed by atoms with Crippen molar-refractivity contribution in [2.45, 2.75) is 64.8 Å². The lowest BCUT2D eigenvalue weighted by atomic mass is 9.83. The van der Waals surface area contributed by atoms with Crippen molar-refractivity contribution in [1.82, 2.24) is 10.6 Å². The highest BCUT2D eigenvalue weighted by Gasteiger charge is 2.33. The molecule has 2 fully saturated rings. The van der Waals surface area contributed by atoms with Crippen LogP contribution in [0.3, 0.4) is 0 Å². The van der Waals surface area contributed by atoms with E-state index in [4.69, 9.17) is 4.74 Å². The van der Waals surface area contributed by atoms with Gasteiger partial charge < -0.3 is 20.7 Å². The Labute approximate surface area is 204 Å². The van der Waals surface area contributed by atoms with Crippen molar-refractivity contribution in [2.24, 2.45) is 16.3 Å². The quantitative estimate of drug-likeness (QED) is 0.174. The zero-order valence-electron chi connectivity index (χ0n) is 19.0. The predicted molar refractivity (Wildman–Crippen MR) is 138 cm³/mol. The molecular formula is C24H39IN4O2. The predicted octanol–water partition coefficient (Wildman–Crippen LogP) is 4.70. The van der Waals surface area contributed by atoms with Crippen molar-refractivity contribution in [3.8, 4) is 0 Å². The second-order valence-corrected chi connectivity index (χ2v) is 8.75. The number of hydrogen-bond acceptors (Lipinski definition) is 3. The smallest absolute Gasteiger partial charge is 0.227 e. The lowest BCUT2D eigenvalue weighted by molar-refractivity contribution is -0.122. The van der Waals surface area contributed by atoms with E-state index in [2.05, 4.69) is 33.9 Å². The van der Waals surface area contributed by atoms with Gasteiger partial charge in [-0.3, -0.25) is 9.79 Å². The van der Waals surface area contributed by atoms with Crippen molar-refractivity contribution in [3.63, 3.8) is 0 Å². The number of anilines is 1. The topological polar surface area (TPSA) is 74.8 Å². The molecule has 1 aromatic carbocycles. The number of aliphatic imine (C=N–C) groups is 1. The molecule has 6 nitrogen and oxygen atoms in total. The number of halogens is 1. The van der Waals surface area contributed by atoms with E-state index in [9.17, 15) is 4.79 Å². The fraction of sp³-hybridized carbons (Fsp3) is 0.667. The number of rotatable bonds is 10. The van der Waals surface area contributed by atoms with Crippen LogP contribution in [0.15, 0.2) is 29.3 Å². The van der Waals surface area contributed by atoms with Gasteiger partial charge in [-0.25, -0.2) is 0 Å². The lowest BCUT2D eigenvalue weighted by Crippen LogP contribution is -2.43. The normalized spacial score (nSPS) is 18.1. The molecule has 0 heterocycles. The molecule has 0 bridgehead atoms. The summed E-state index contributed by atoms with van der Waals surface area (Å²) in [5, 5.41) is 10.0. The van der Waals surface area contributed by atoms with Crippen LogP contribution in [0.5, 0.6) is 0 Å². The van der Waals surface area contributed by atoms with Crippen LogP contribution < -0.4 is 16.0 Å². The number of hydrogen-bond donors (Lipinski definition) is 3. The van der Waals surface area contributed by atoms with Gasteiger partial charge in [0.25, 0.3) is 0 Å². The molecule has 2 saturated carbocycles. The van der Waals surface area contributed by atoms with Crippen LogP contribution >= 0.6 is 24.0 Å². The third-order valence-electron chi connectivity index (χ3n) is 6.63. The van der Waals surface area contributed by atoms with E-state index in [0.29, 0.717) is 12.0 Å². The summed E-state index contributed by atoms with van der Waals surface area (Å²) in [4.78, 5) is 16.6. The van der Waals surface area contributed by atoms with E-state index in [0.717, 1.165) is 56.2 Å². The molecule has 0 atom stereocenters. The first-order valence-electron chi connectivity index (χ1n) is 11.6. The molecule has 31 heavy (non-hydrogen) atoms. The molecule has 1 aromatic rings. The average molecular weight is 543 g/mol. The standard InChI is InChI=1S/C24H38N4O2.HI/c1-3-30-15-14-24(12-4-5-13-24)18-27-23(25-2)26-17-19-8-6-11-21(16-19)28-22(29)20-9-7-10-20;/h6,8,11,16,20H,3-5,7,9-10,12-15,17-18H2,1-2H3,(H,28,29)(H2,25,26,27);1H. The molecule has 1 amide bonds. The number of guanidine groups is 1. The van der Waals surface area contributed by atoms with E-state index in [1.165, 1.54) is 32.1 Å². The molecule has 0 saturated heterocycles. The Bertz CT molecular complexity index is 715. The zero-order valence-corrected chi connectivity index (χ0v) is 21.4. The summed E-state index contributed by atoms with van der Waals surface area (Å²) >= 11 is 0. The summed E-state index contributed by atoms with van der Waals surface area (Å²) in [7, 11) is 1.81. The minimum atomic E-state index is 0. The maximum absolute atomic E-state index is 12.2. The minimum Gasteiger partial charge on any atom is -0.382 e. The van der Waals surface area contributed by atoms with E-state index >= 15 is 0 Å². The maximum atomic E-state index is 12.2. The second kappa shape index (κ2) is 13.3. The van der Waals surface area contributed by atoms with Gasteiger partial charge in [0.1, 0.15) is 0 Å². The van der Waals surface area contributed by atoms with Crippen LogP contribution in [-0.2, 0) is 16.1 Å². The number of amides is 1. The van der Waals surface area contributed by atoms with Crippen LogP contribution in [0.25, 0.3) is 0 Å². The van der Waals surface area contributed by atoms with Crippen molar-refractivity contribution >= 4 is 41.5 Å². The van der Waals surface area contributed by atoms with Gasteiger partial charge in [0.15, 0.2) is 5.96 Å². The van der Waals surface area contributed by atoms with Crippen LogP contribution in [0, 0.1) is 11.3 Å². The SMILES string of the molecule is CCOCCC1(CNC(=NC)NCc2cccc(NC(=O)C3CCC3)c2)CCCC1.I. The van der Waals surface area contributed by atoms with Crippen molar-refractivity contribution in [3.05, 3.63) is 29.8 Å². The molecule has 3 N–H and O–H groups in total. The molecule has 7 heteroatoms. The number of carbonyl (C=O) groups is 1. The van der Waals surface area contributed by atoms with Gasteiger partial charge in [0, 0.05) is 45.0 Å². The fourth-order valence-electron chi connectivity index (χ4n) is 4.42. The van der Waals surface area contributed by atoms with Crippen LogP contribution in [0.1, 0.15) is 63.9 Å². The average Bonchev–Trinajstić information content (AvgIpc) is 3.16. The lowest BCUT2D eigenvalue weighted by Gasteiger charge is -2.30. The third-order valence-corrected chi connectivity index (χ3v) is 6.63. The summed E-state index contributed by atoms with van der Waals surface area (Å²) in [6, 6.07) is 8.05. The molecule has 0 unspecified atom stereocenters. The Morgan fingerprint density at radius 2 is 1.97 bits per heavy atom. The first-order valence-corrected chi connectivity index (χ1v) is 11.6. The monoisotopic (exact) mass is 542 g/mol. The molecule has 0 aromatic heterocycles. The van der Waals surface area contributed by atoms with Gasteiger partial charge in [-0.1, -0.05) is 31.4 Å². The van der Waals surface area contributed by atoms with Gasteiger partial charge in [-0.05, 0) is 62.1 Å². The Morgan fingerprint density at radius 3 is 2.61 bits per heavy atom. The Balaban J connectivity index is 0.00000341. The maximum Gasteiger partial charge on any atom is 0.227 e. The Hall–Kier alpha value is -1.35.